The molecule has 0 saturated carbocycles. The maximum absolute atomic E-state index is 12.3. The van der Waals surface area contributed by atoms with Gasteiger partial charge < -0.3 is 14.6 Å². The Morgan fingerprint density at radius 1 is 1.35 bits per heavy atom. The van der Waals surface area contributed by atoms with Gasteiger partial charge in [-0.1, -0.05) is 25.1 Å². The third-order valence-corrected chi connectivity index (χ3v) is 2.79. The minimum absolute atomic E-state index is 0.109. The summed E-state index contributed by atoms with van der Waals surface area (Å²) in [4.78, 5) is 11.5. The number of hydrogen-bond acceptors (Lipinski definition) is 4. The quantitative estimate of drug-likeness (QED) is 0.848. The Kier molecular flexibility index (Phi) is 5.38. The van der Waals surface area contributed by atoms with Gasteiger partial charge in [0.25, 0.3) is 0 Å². The zero-order valence-corrected chi connectivity index (χ0v) is 11.0. The topological polar surface area (TPSA) is 55.8 Å². The van der Waals surface area contributed by atoms with Crippen LogP contribution in [0.5, 0.6) is 5.75 Å². The van der Waals surface area contributed by atoms with Crippen LogP contribution in [0.25, 0.3) is 0 Å². The van der Waals surface area contributed by atoms with E-state index in [1.807, 2.05) is 0 Å². The van der Waals surface area contributed by atoms with Crippen LogP contribution in [0, 0.1) is 5.92 Å². The van der Waals surface area contributed by atoms with Gasteiger partial charge in [-0.25, -0.2) is 0 Å². The fourth-order valence-corrected chi connectivity index (χ4v) is 1.83. The Morgan fingerprint density at radius 2 is 1.95 bits per heavy atom. The van der Waals surface area contributed by atoms with Gasteiger partial charge in [0, 0.05) is 5.56 Å². The number of carbonyl (C=O) groups is 1. The van der Waals surface area contributed by atoms with Crippen LogP contribution in [0.3, 0.4) is 0 Å². The molecule has 0 spiro atoms. The molecule has 0 aliphatic rings. The van der Waals surface area contributed by atoms with Crippen molar-refractivity contribution in [3.05, 3.63) is 29.8 Å². The Morgan fingerprint density at radius 3 is 2.45 bits per heavy atom. The number of aliphatic hydroxyl groups is 1. The Balaban J connectivity index is 3.08. The van der Waals surface area contributed by atoms with Gasteiger partial charge in [-0.15, -0.1) is 13.2 Å². The summed E-state index contributed by atoms with van der Waals surface area (Å²) in [6.45, 7) is 1.62. The molecule has 0 heterocycles. The number of para-hydroxylation sites is 1. The van der Waals surface area contributed by atoms with Crippen LogP contribution in [-0.2, 0) is 9.53 Å². The number of halogens is 3. The lowest BCUT2D eigenvalue weighted by Gasteiger charge is -2.22. The highest BCUT2D eigenvalue weighted by molar-refractivity contribution is 5.73. The van der Waals surface area contributed by atoms with Gasteiger partial charge in [0.15, 0.2) is 0 Å². The zero-order chi connectivity index (χ0) is 15.3. The minimum atomic E-state index is -4.87. The smallest absolute Gasteiger partial charge is 0.469 e. The predicted molar refractivity (Wildman–Crippen MR) is 63.9 cm³/mol. The zero-order valence-electron chi connectivity index (χ0n) is 11.0. The monoisotopic (exact) mass is 292 g/mol. The van der Waals surface area contributed by atoms with Crippen LogP contribution in [0.15, 0.2) is 24.3 Å². The summed E-state index contributed by atoms with van der Waals surface area (Å²) in [5.41, 5.74) is -0.109. The average molecular weight is 292 g/mol. The summed E-state index contributed by atoms with van der Waals surface area (Å²) in [6.07, 6.45) is -6.09. The van der Waals surface area contributed by atoms with Crippen LogP contribution in [-0.4, -0.2) is 24.5 Å². The number of benzene rings is 1. The molecule has 20 heavy (non-hydrogen) atoms. The maximum Gasteiger partial charge on any atom is 0.573 e. The van der Waals surface area contributed by atoms with Crippen LogP contribution >= 0.6 is 0 Å². The summed E-state index contributed by atoms with van der Waals surface area (Å²) in [7, 11) is 1.15. The summed E-state index contributed by atoms with van der Waals surface area (Å²) in [5.74, 6) is -2.19. The van der Waals surface area contributed by atoms with Crippen molar-refractivity contribution in [1.29, 1.82) is 0 Å². The van der Waals surface area contributed by atoms with E-state index in [1.165, 1.54) is 18.2 Å². The Labute approximate surface area is 114 Å². The third-order valence-electron chi connectivity index (χ3n) is 2.79. The first-order valence-corrected chi connectivity index (χ1v) is 5.90. The van der Waals surface area contributed by atoms with Gasteiger partial charge in [-0.2, -0.15) is 0 Å². The van der Waals surface area contributed by atoms with Crippen LogP contribution in [0.1, 0.15) is 25.0 Å². The standard InChI is InChI=1S/C13H15F3O4/c1-3-8(12(18)19-2)11(17)9-6-4-5-7-10(9)20-13(14,15)16/h4-8,11,17H,3H2,1-2H3. The van der Waals surface area contributed by atoms with E-state index < -0.39 is 30.1 Å². The highest BCUT2D eigenvalue weighted by Crippen LogP contribution is 2.34. The summed E-state index contributed by atoms with van der Waals surface area (Å²) >= 11 is 0. The van der Waals surface area contributed by atoms with Crippen molar-refractivity contribution in [1.82, 2.24) is 0 Å². The molecule has 2 atom stereocenters. The molecule has 0 aliphatic heterocycles. The number of alkyl halides is 3. The van der Waals surface area contributed by atoms with Crippen LogP contribution in [0.2, 0.25) is 0 Å². The summed E-state index contributed by atoms with van der Waals surface area (Å²) in [6, 6.07) is 5.15. The number of aliphatic hydroxyl groups excluding tert-OH is 1. The average Bonchev–Trinajstić information content (AvgIpc) is 2.37. The number of ether oxygens (including phenoxy) is 2. The van der Waals surface area contributed by atoms with Crippen molar-refractivity contribution in [3.8, 4) is 5.75 Å². The van der Waals surface area contributed by atoms with Crippen molar-refractivity contribution in [2.24, 2.45) is 5.92 Å². The van der Waals surface area contributed by atoms with E-state index in [1.54, 1.807) is 6.92 Å². The maximum atomic E-state index is 12.3. The lowest BCUT2D eigenvalue weighted by atomic mass is 9.93. The minimum Gasteiger partial charge on any atom is -0.469 e. The van der Waals surface area contributed by atoms with E-state index in [4.69, 9.17) is 0 Å². The van der Waals surface area contributed by atoms with Gasteiger partial charge in [0.1, 0.15) is 5.75 Å². The van der Waals surface area contributed by atoms with Crippen molar-refractivity contribution in [2.45, 2.75) is 25.8 Å². The van der Waals surface area contributed by atoms with E-state index in [-0.39, 0.29) is 12.0 Å². The molecular weight excluding hydrogens is 277 g/mol. The molecule has 2 unspecified atom stereocenters. The number of methoxy groups -OCH3 is 1. The lowest BCUT2D eigenvalue weighted by Crippen LogP contribution is -2.25. The normalized spacial score (nSPS) is 14.5. The first-order valence-electron chi connectivity index (χ1n) is 5.90. The molecule has 0 saturated heterocycles. The lowest BCUT2D eigenvalue weighted by molar-refractivity contribution is -0.275. The molecule has 0 aliphatic carbocycles. The van der Waals surface area contributed by atoms with Gasteiger partial charge in [-0.3, -0.25) is 4.79 Å². The summed E-state index contributed by atoms with van der Waals surface area (Å²) in [5, 5.41) is 10.1. The molecule has 1 N–H and O–H groups in total. The van der Waals surface area contributed by atoms with E-state index in [0.717, 1.165) is 13.2 Å². The molecule has 112 valence electrons. The fourth-order valence-electron chi connectivity index (χ4n) is 1.83. The van der Waals surface area contributed by atoms with E-state index in [2.05, 4.69) is 9.47 Å². The molecule has 0 amide bonds. The second-order valence-electron chi connectivity index (χ2n) is 4.07. The number of hydrogen-bond donors (Lipinski definition) is 1. The van der Waals surface area contributed by atoms with E-state index in [0.29, 0.717) is 0 Å². The van der Waals surface area contributed by atoms with Gasteiger partial charge in [0.05, 0.1) is 19.1 Å². The van der Waals surface area contributed by atoms with Gasteiger partial charge in [-0.05, 0) is 12.5 Å². The molecule has 0 fully saturated rings. The van der Waals surface area contributed by atoms with Crippen LogP contribution in [0.4, 0.5) is 13.2 Å². The van der Waals surface area contributed by atoms with Gasteiger partial charge in [0.2, 0.25) is 0 Å². The second kappa shape index (κ2) is 6.60. The highest BCUT2D eigenvalue weighted by Gasteiger charge is 2.35. The first kappa shape index (κ1) is 16.3. The number of rotatable bonds is 5. The first-order chi connectivity index (χ1) is 9.30. The molecule has 4 nitrogen and oxygen atoms in total. The van der Waals surface area contributed by atoms with Crippen molar-refractivity contribution >= 4 is 5.97 Å². The molecule has 0 bridgehead atoms. The van der Waals surface area contributed by atoms with Crippen LogP contribution < -0.4 is 4.74 Å². The highest BCUT2D eigenvalue weighted by atomic mass is 19.4. The molecule has 7 heteroatoms. The molecule has 0 aromatic heterocycles. The molecule has 0 radical (unpaired) electrons. The van der Waals surface area contributed by atoms with Crippen molar-refractivity contribution < 1.29 is 32.5 Å². The van der Waals surface area contributed by atoms with E-state index in [9.17, 15) is 23.1 Å². The Hall–Kier alpha value is -1.76. The molecule has 1 aromatic carbocycles. The molecular formula is C13H15F3O4. The number of esters is 1. The molecule has 1 rings (SSSR count). The molecule has 1 aromatic rings. The fraction of sp³-hybridized carbons (Fsp3) is 0.462. The number of carbonyl (C=O) groups excluding carboxylic acids is 1. The Bertz CT molecular complexity index is 459. The summed E-state index contributed by atoms with van der Waals surface area (Å²) < 4.78 is 45.3. The van der Waals surface area contributed by atoms with Crippen molar-refractivity contribution in [3.63, 3.8) is 0 Å². The predicted octanol–water partition coefficient (Wildman–Crippen LogP) is 2.82. The third kappa shape index (κ3) is 4.12. The van der Waals surface area contributed by atoms with Crippen molar-refractivity contribution in [2.75, 3.05) is 7.11 Å². The van der Waals surface area contributed by atoms with Gasteiger partial charge >= 0.3 is 12.3 Å². The SMILES string of the molecule is CCC(C(=O)OC)C(O)c1ccccc1OC(F)(F)F. The van der Waals surface area contributed by atoms with E-state index >= 15 is 0 Å². The largest absolute Gasteiger partial charge is 0.573 e. The second-order valence-corrected chi connectivity index (χ2v) is 4.07.